The molecule has 0 aliphatic rings. The molecular weight excluding hydrogens is 234 g/mol. The van der Waals surface area contributed by atoms with E-state index in [1.807, 2.05) is 24.3 Å². The minimum atomic E-state index is 0.245. The molecule has 0 amide bonds. The molecule has 2 aromatic rings. The summed E-state index contributed by atoms with van der Waals surface area (Å²) in [6.45, 7) is 2.20. The summed E-state index contributed by atoms with van der Waals surface area (Å²) in [6.07, 6.45) is 10.1. The summed E-state index contributed by atoms with van der Waals surface area (Å²) in [6, 6.07) is 7.84. The van der Waals surface area contributed by atoms with E-state index in [1.54, 1.807) is 12.4 Å². The molecule has 0 saturated heterocycles. The lowest BCUT2D eigenvalue weighted by atomic mass is 9.99. The van der Waals surface area contributed by atoms with Gasteiger partial charge >= 0.3 is 0 Å². The van der Waals surface area contributed by atoms with Gasteiger partial charge in [0.25, 0.3) is 0 Å². The third-order valence-electron chi connectivity index (χ3n) is 3.49. The van der Waals surface area contributed by atoms with Gasteiger partial charge in [0, 0.05) is 29.8 Å². The number of carbonyl (C=O) groups excluding carboxylic acids is 1. The molecule has 0 radical (unpaired) electrons. The van der Waals surface area contributed by atoms with E-state index >= 15 is 0 Å². The molecule has 0 aliphatic heterocycles. The number of rotatable bonds is 7. The first-order valence-corrected chi connectivity index (χ1v) is 7.19. The molecule has 0 spiro atoms. The van der Waals surface area contributed by atoms with E-state index in [0.29, 0.717) is 6.42 Å². The highest BCUT2D eigenvalue weighted by Gasteiger charge is 2.09. The number of Topliss-reactive ketones (excluding diaryl/α,β-unsaturated/α-hetero) is 1. The van der Waals surface area contributed by atoms with E-state index < -0.39 is 0 Å². The molecule has 0 aliphatic carbocycles. The molecule has 0 saturated carbocycles. The van der Waals surface area contributed by atoms with Gasteiger partial charge in [-0.15, -0.1) is 0 Å². The zero-order valence-electron chi connectivity index (χ0n) is 11.6. The average Bonchev–Trinajstić information content (AvgIpc) is 2.46. The smallest absolute Gasteiger partial charge is 0.163 e. The fraction of sp³-hybridized carbons (Fsp3) is 0.412. The minimum Gasteiger partial charge on any atom is -0.294 e. The number of nitrogens with zero attached hydrogens (tertiary/aromatic N) is 1. The SMILES string of the molecule is CCCCCCCC(=O)c1cccc2ccncc12. The maximum Gasteiger partial charge on any atom is 0.163 e. The third kappa shape index (κ3) is 3.63. The summed E-state index contributed by atoms with van der Waals surface area (Å²) in [5, 5.41) is 2.07. The second-order valence-corrected chi connectivity index (χ2v) is 4.99. The summed E-state index contributed by atoms with van der Waals surface area (Å²) < 4.78 is 0. The van der Waals surface area contributed by atoms with E-state index in [4.69, 9.17) is 0 Å². The molecule has 1 aromatic carbocycles. The molecule has 100 valence electrons. The molecule has 1 aromatic heterocycles. The van der Waals surface area contributed by atoms with Gasteiger partial charge in [-0.3, -0.25) is 9.78 Å². The van der Waals surface area contributed by atoms with Crippen molar-refractivity contribution in [1.29, 1.82) is 0 Å². The molecule has 0 fully saturated rings. The van der Waals surface area contributed by atoms with Gasteiger partial charge in [0.1, 0.15) is 0 Å². The Bertz CT molecular complexity index is 542. The lowest BCUT2D eigenvalue weighted by molar-refractivity contribution is 0.0980. The second-order valence-electron chi connectivity index (χ2n) is 4.99. The van der Waals surface area contributed by atoms with Crippen LogP contribution in [0.5, 0.6) is 0 Å². The van der Waals surface area contributed by atoms with Crippen LogP contribution in [0, 0.1) is 0 Å². The van der Waals surface area contributed by atoms with E-state index in [9.17, 15) is 4.79 Å². The predicted molar refractivity (Wildman–Crippen MR) is 79.4 cm³/mol. The molecule has 2 nitrogen and oxygen atoms in total. The van der Waals surface area contributed by atoms with Gasteiger partial charge in [-0.1, -0.05) is 50.8 Å². The van der Waals surface area contributed by atoms with Gasteiger partial charge < -0.3 is 0 Å². The summed E-state index contributed by atoms with van der Waals surface area (Å²) in [5.41, 5.74) is 0.820. The maximum absolute atomic E-state index is 12.3. The quantitative estimate of drug-likeness (QED) is 0.526. The highest BCUT2D eigenvalue weighted by Crippen LogP contribution is 2.19. The van der Waals surface area contributed by atoms with Crippen LogP contribution in [0.15, 0.2) is 36.7 Å². The summed E-state index contributed by atoms with van der Waals surface area (Å²) in [7, 11) is 0. The Kier molecular flexibility index (Phi) is 5.08. The second kappa shape index (κ2) is 7.03. The molecule has 0 bridgehead atoms. The number of hydrogen-bond donors (Lipinski definition) is 0. The lowest BCUT2D eigenvalue weighted by Gasteiger charge is -2.05. The Labute approximate surface area is 114 Å². The van der Waals surface area contributed by atoms with Crippen molar-refractivity contribution in [3.05, 3.63) is 42.2 Å². The molecular formula is C17H21NO. The Morgan fingerprint density at radius 2 is 1.95 bits per heavy atom. The fourth-order valence-electron chi connectivity index (χ4n) is 2.38. The topological polar surface area (TPSA) is 30.0 Å². The maximum atomic E-state index is 12.3. The highest BCUT2D eigenvalue weighted by atomic mass is 16.1. The van der Waals surface area contributed by atoms with Gasteiger partial charge in [0.15, 0.2) is 5.78 Å². The molecule has 2 rings (SSSR count). The van der Waals surface area contributed by atoms with Crippen molar-refractivity contribution in [2.75, 3.05) is 0 Å². The fourth-order valence-corrected chi connectivity index (χ4v) is 2.38. The van der Waals surface area contributed by atoms with Gasteiger partial charge in [0.05, 0.1) is 0 Å². The molecule has 0 N–H and O–H groups in total. The van der Waals surface area contributed by atoms with Crippen LogP contribution in [0.2, 0.25) is 0 Å². The number of aromatic nitrogens is 1. The molecule has 19 heavy (non-hydrogen) atoms. The molecule has 0 unspecified atom stereocenters. The Morgan fingerprint density at radius 3 is 2.79 bits per heavy atom. The first-order valence-electron chi connectivity index (χ1n) is 7.19. The number of ketones is 1. The first-order chi connectivity index (χ1) is 9.33. The molecule has 2 heteroatoms. The van der Waals surface area contributed by atoms with Gasteiger partial charge in [-0.05, 0) is 17.9 Å². The van der Waals surface area contributed by atoms with Crippen molar-refractivity contribution < 1.29 is 4.79 Å². The molecule has 1 heterocycles. The van der Waals surface area contributed by atoms with Crippen LogP contribution in [-0.2, 0) is 0 Å². The summed E-state index contributed by atoms with van der Waals surface area (Å²) in [5.74, 6) is 0.245. The predicted octanol–water partition coefficient (Wildman–Crippen LogP) is 4.78. The van der Waals surface area contributed by atoms with Crippen LogP contribution in [-0.4, -0.2) is 10.8 Å². The Morgan fingerprint density at radius 1 is 1.11 bits per heavy atom. The standard InChI is InChI=1S/C17H21NO/c1-2-3-4-5-6-10-17(19)15-9-7-8-14-11-12-18-13-16(14)15/h7-9,11-13H,2-6,10H2,1H3. The summed E-state index contributed by atoms with van der Waals surface area (Å²) in [4.78, 5) is 16.4. The number of carbonyl (C=O) groups is 1. The van der Waals surface area contributed by atoms with Crippen molar-refractivity contribution in [1.82, 2.24) is 4.98 Å². The highest BCUT2D eigenvalue weighted by molar-refractivity contribution is 6.07. The molecule has 0 atom stereocenters. The first kappa shape index (κ1) is 13.7. The number of fused-ring (bicyclic) bond motifs is 1. The van der Waals surface area contributed by atoms with Crippen molar-refractivity contribution >= 4 is 16.6 Å². The van der Waals surface area contributed by atoms with E-state index in [-0.39, 0.29) is 5.78 Å². The van der Waals surface area contributed by atoms with Crippen LogP contribution in [0.3, 0.4) is 0 Å². The monoisotopic (exact) mass is 255 g/mol. The van der Waals surface area contributed by atoms with Crippen LogP contribution in [0.1, 0.15) is 55.8 Å². The van der Waals surface area contributed by atoms with Crippen LogP contribution >= 0.6 is 0 Å². The normalized spacial score (nSPS) is 10.8. The number of unbranched alkanes of at least 4 members (excludes halogenated alkanes) is 4. The van der Waals surface area contributed by atoms with Crippen LogP contribution in [0.25, 0.3) is 10.8 Å². The lowest BCUT2D eigenvalue weighted by Crippen LogP contribution is -2.00. The van der Waals surface area contributed by atoms with Crippen molar-refractivity contribution in [3.8, 4) is 0 Å². The van der Waals surface area contributed by atoms with Crippen molar-refractivity contribution in [2.24, 2.45) is 0 Å². The summed E-state index contributed by atoms with van der Waals surface area (Å²) >= 11 is 0. The Balaban J connectivity index is 2.01. The van der Waals surface area contributed by atoms with Crippen LogP contribution < -0.4 is 0 Å². The van der Waals surface area contributed by atoms with Crippen LogP contribution in [0.4, 0.5) is 0 Å². The third-order valence-corrected chi connectivity index (χ3v) is 3.49. The zero-order valence-corrected chi connectivity index (χ0v) is 11.6. The van der Waals surface area contributed by atoms with Gasteiger partial charge in [0.2, 0.25) is 0 Å². The van der Waals surface area contributed by atoms with E-state index in [2.05, 4.69) is 11.9 Å². The van der Waals surface area contributed by atoms with Gasteiger partial charge in [-0.25, -0.2) is 0 Å². The largest absolute Gasteiger partial charge is 0.294 e. The van der Waals surface area contributed by atoms with E-state index in [0.717, 1.165) is 29.2 Å². The number of hydrogen-bond acceptors (Lipinski definition) is 2. The zero-order chi connectivity index (χ0) is 13.5. The van der Waals surface area contributed by atoms with Crippen molar-refractivity contribution in [3.63, 3.8) is 0 Å². The van der Waals surface area contributed by atoms with E-state index in [1.165, 1.54) is 19.3 Å². The average molecular weight is 255 g/mol. The Hall–Kier alpha value is -1.70. The van der Waals surface area contributed by atoms with Gasteiger partial charge in [-0.2, -0.15) is 0 Å². The minimum absolute atomic E-state index is 0.245. The number of benzene rings is 1. The van der Waals surface area contributed by atoms with Crippen molar-refractivity contribution in [2.45, 2.75) is 45.4 Å². The number of pyridine rings is 1.